The van der Waals surface area contributed by atoms with Gasteiger partial charge < -0.3 is 20.9 Å². The lowest BCUT2D eigenvalue weighted by Gasteiger charge is -2.07. The average molecular weight is 398 g/mol. The van der Waals surface area contributed by atoms with Gasteiger partial charge in [0.15, 0.2) is 0 Å². The number of H-pyrrole nitrogens is 1. The van der Waals surface area contributed by atoms with Crippen LogP contribution in [0.2, 0.25) is 0 Å². The molecule has 4 N–H and O–H groups in total. The van der Waals surface area contributed by atoms with E-state index in [9.17, 15) is 14.0 Å². The quantitative estimate of drug-likeness (QED) is 0.382. The van der Waals surface area contributed by atoms with Crippen molar-refractivity contribution >= 4 is 22.8 Å². The van der Waals surface area contributed by atoms with Gasteiger partial charge in [-0.1, -0.05) is 12.1 Å². The Hall–Kier alpha value is -3.33. The molecule has 152 valence electrons. The molecule has 0 fully saturated rings. The van der Waals surface area contributed by atoms with Crippen molar-refractivity contribution in [3.05, 3.63) is 59.9 Å². The number of aromatic amines is 1. The number of nitrogens with zero attached hydrogens (tertiary/aromatic N) is 2. The summed E-state index contributed by atoms with van der Waals surface area (Å²) in [5.74, 6) is -0.226. The molecule has 0 atom stereocenters. The fourth-order valence-electron chi connectivity index (χ4n) is 2.72. The molecule has 2 aromatic heterocycles. The molecule has 29 heavy (non-hydrogen) atoms. The topological polar surface area (TPSA) is 112 Å². The van der Waals surface area contributed by atoms with Crippen molar-refractivity contribution in [2.45, 2.75) is 19.4 Å². The third kappa shape index (κ3) is 6.35. The van der Waals surface area contributed by atoms with E-state index in [-0.39, 0.29) is 31.1 Å². The minimum absolute atomic E-state index is 0.0231. The van der Waals surface area contributed by atoms with Crippen LogP contribution in [-0.4, -0.2) is 46.4 Å². The summed E-state index contributed by atoms with van der Waals surface area (Å²) in [6, 6.07) is 10.6. The number of carbonyl (C=O) groups excluding carboxylic acids is 2. The molecule has 1 aromatic carbocycles. The summed E-state index contributed by atoms with van der Waals surface area (Å²) in [5, 5.41) is 8.23. The first-order valence-corrected chi connectivity index (χ1v) is 9.39. The van der Waals surface area contributed by atoms with Crippen molar-refractivity contribution in [1.82, 2.24) is 30.9 Å². The summed E-state index contributed by atoms with van der Waals surface area (Å²) in [5.41, 5.74) is 2.10. The zero-order valence-corrected chi connectivity index (χ0v) is 15.9. The van der Waals surface area contributed by atoms with Crippen LogP contribution in [0.4, 0.5) is 4.39 Å². The Kier molecular flexibility index (Phi) is 7.23. The largest absolute Gasteiger partial charge is 0.349 e. The van der Waals surface area contributed by atoms with Crippen molar-refractivity contribution in [2.75, 3.05) is 19.6 Å². The van der Waals surface area contributed by atoms with Crippen LogP contribution >= 0.6 is 0 Å². The fourth-order valence-corrected chi connectivity index (χ4v) is 2.72. The molecule has 2 heterocycles. The number of aromatic nitrogens is 3. The van der Waals surface area contributed by atoms with E-state index in [2.05, 4.69) is 30.9 Å². The van der Waals surface area contributed by atoms with Gasteiger partial charge in [0.2, 0.25) is 11.8 Å². The first-order valence-electron chi connectivity index (χ1n) is 9.39. The van der Waals surface area contributed by atoms with Crippen LogP contribution in [0, 0.1) is 5.82 Å². The molecular weight excluding hydrogens is 375 g/mol. The van der Waals surface area contributed by atoms with Gasteiger partial charge in [0, 0.05) is 32.1 Å². The van der Waals surface area contributed by atoms with Gasteiger partial charge in [-0.2, -0.15) is 0 Å². The Morgan fingerprint density at radius 3 is 2.72 bits per heavy atom. The standard InChI is InChI=1S/C20H23FN6O2/c21-14-4-3-9-23-17(14)12-24-20(29)13-25-19(28)8-11-22-10-7-18-26-15-5-1-2-6-16(15)27-18/h1-6,9,22H,7-8,10-13H2,(H,24,29)(H,25,28)(H,26,27). The van der Waals surface area contributed by atoms with Crippen molar-refractivity contribution in [3.8, 4) is 0 Å². The van der Waals surface area contributed by atoms with Crippen molar-refractivity contribution < 1.29 is 14.0 Å². The maximum atomic E-state index is 13.4. The molecule has 0 aliphatic rings. The number of benzene rings is 1. The number of rotatable bonds is 10. The minimum Gasteiger partial charge on any atom is -0.349 e. The molecule has 0 bridgehead atoms. The highest BCUT2D eigenvalue weighted by atomic mass is 19.1. The molecule has 0 saturated heterocycles. The molecule has 0 spiro atoms. The predicted octanol–water partition coefficient (Wildman–Crippen LogP) is 1.05. The molecule has 0 aliphatic carbocycles. The first kappa shape index (κ1) is 20.4. The second-order valence-corrected chi connectivity index (χ2v) is 6.44. The lowest BCUT2D eigenvalue weighted by Crippen LogP contribution is -2.37. The van der Waals surface area contributed by atoms with Gasteiger partial charge >= 0.3 is 0 Å². The number of imidazole rings is 1. The number of carbonyl (C=O) groups is 2. The molecule has 0 aliphatic heterocycles. The summed E-state index contributed by atoms with van der Waals surface area (Å²) in [6.45, 7) is 0.993. The summed E-state index contributed by atoms with van der Waals surface area (Å²) >= 11 is 0. The minimum atomic E-state index is -0.481. The van der Waals surface area contributed by atoms with E-state index >= 15 is 0 Å². The van der Waals surface area contributed by atoms with E-state index in [1.54, 1.807) is 0 Å². The number of hydrogen-bond donors (Lipinski definition) is 4. The highest BCUT2D eigenvalue weighted by Crippen LogP contribution is 2.10. The van der Waals surface area contributed by atoms with Crippen LogP contribution in [0.3, 0.4) is 0 Å². The van der Waals surface area contributed by atoms with Gasteiger partial charge in [-0.15, -0.1) is 0 Å². The average Bonchev–Trinajstić information content (AvgIpc) is 3.14. The maximum Gasteiger partial charge on any atom is 0.239 e. The molecule has 0 unspecified atom stereocenters. The number of para-hydroxylation sites is 2. The fraction of sp³-hybridized carbons (Fsp3) is 0.300. The molecule has 0 radical (unpaired) electrons. The molecular formula is C20H23FN6O2. The normalized spacial score (nSPS) is 10.8. The number of hydrogen-bond acceptors (Lipinski definition) is 5. The van der Waals surface area contributed by atoms with Crippen LogP contribution < -0.4 is 16.0 Å². The molecule has 3 rings (SSSR count). The zero-order valence-electron chi connectivity index (χ0n) is 15.9. The van der Waals surface area contributed by atoms with E-state index in [0.717, 1.165) is 23.3 Å². The van der Waals surface area contributed by atoms with Crippen molar-refractivity contribution in [2.24, 2.45) is 0 Å². The summed E-state index contributed by atoms with van der Waals surface area (Å²) < 4.78 is 13.4. The van der Waals surface area contributed by atoms with Crippen molar-refractivity contribution in [1.29, 1.82) is 0 Å². The predicted molar refractivity (Wildman–Crippen MR) is 106 cm³/mol. The second-order valence-electron chi connectivity index (χ2n) is 6.44. The van der Waals surface area contributed by atoms with Crippen LogP contribution in [0.5, 0.6) is 0 Å². The van der Waals surface area contributed by atoms with E-state index in [1.807, 2.05) is 24.3 Å². The second kappa shape index (κ2) is 10.3. The van der Waals surface area contributed by atoms with Gasteiger partial charge in [-0.05, 0) is 24.3 Å². The Labute approximate surface area is 167 Å². The Morgan fingerprint density at radius 2 is 1.90 bits per heavy atom. The van der Waals surface area contributed by atoms with Crippen LogP contribution in [0.1, 0.15) is 17.9 Å². The van der Waals surface area contributed by atoms with Crippen LogP contribution in [0.15, 0.2) is 42.6 Å². The number of amides is 2. The smallest absolute Gasteiger partial charge is 0.239 e. The van der Waals surface area contributed by atoms with Gasteiger partial charge in [-0.3, -0.25) is 14.6 Å². The third-order valence-electron chi connectivity index (χ3n) is 4.24. The summed E-state index contributed by atoms with van der Waals surface area (Å²) in [4.78, 5) is 35.1. The number of fused-ring (bicyclic) bond motifs is 1. The summed E-state index contributed by atoms with van der Waals surface area (Å²) in [7, 11) is 0. The van der Waals surface area contributed by atoms with E-state index in [1.165, 1.54) is 18.3 Å². The Balaban J connectivity index is 1.26. The van der Waals surface area contributed by atoms with Crippen LogP contribution in [0.25, 0.3) is 11.0 Å². The highest BCUT2D eigenvalue weighted by molar-refractivity contribution is 5.84. The van der Waals surface area contributed by atoms with Gasteiger partial charge in [0.1, 0.15) is 11.6 Å². The van der Waals surface area contributed by atoms with E-state index in [0.29, 0.717) is 13.1 Å². The molecule has 2 amide bonds. The highest BCUT2D eigenvalue weighted by Gasteiger charge is 2.08. The number of nitrogens with one attached hydrogen (secondary N) is 4. The van der Waals surface area contributed by atoms with Gasteiger partial charge in [0.25, 0.3) is 0 Å². The van der Waals surface area contributed by atoms with Crippen LogP contribution in [-0.2, 0) is 22.6 Å². The molecule has 3 aromatic rings. The number of halogens is 1. The van der Waals surface area contributed by atoms with E-state index < -0.39 is 11.7 Å². The Morgan fingerprint density at radius 1 is 1.03 bits per heavy atom. The van der Waals surface area contributed by atoms with E-state index in [4.69, 9.17) is 0 Å². The van der Waals surface area contributed by atoms with Crippen molar-refractivity contribution in [3.63, 3.8) is 0 Å². The van der Waals surface area contributed by atoms with Gasteiger partial charge in [-0.25, -0.2) is 9.37 Å². The zero-order chi connectivity index (χ0) is 20.5. The monoisotopic (exact) mass is 398 g/mol. The SMILES string of the molecule is O=C(CCNCCc1nc2ccccc2[nH]1)NCC(=O)NCc1ncccc1F. The maximum absolute atomic E-state index is 13.4. The molecule has 0 saturated carbocycles. The number of pyridine rings is 1. The lowest BCUT2D eigenvalue weighted by atomic mass is 10.3. The Bertz CT molecular complexity index is 941. The molecule has 9 heteroatoms. The lowest BCUT2D eigenvalue weighted by molar-refractivity contribution is -0.126. The first-order chi connectivity index (χ1) is 14.1. The summed E-state index contributed by atoms with van der Waals surface area (Å²) in [6.07, 6.45) is 2.43. The molecule has 8 nitrogen and oxygen atoms in total. The van der Waals surface area contributed by atoms with Gasteiger partial charge in [0.05, 0.1) is 29.8 Å². The third-order valence-corrected chi connectivity index (χ3v) is 4.24.